The molecule has 164 valence electrons. The van der Waals surface area contributed by atoms with Crippen LogP contribution in [0.3, 0.4) is 0 Å². The average Bonchev–Trinajstić information content (AvgIpc) is 3.08. The van der Waals surface area contributed by atoms with Crippen LogP contribution < -0.4 is 5.32 Å². The molecule has 0 fully saturated rings. The van der Waals surface area contributed by atoms with E-state index in [4.69, 9.17) is 16.3 Å². The smallest absolute Gasteiger partial charge is 0.341 e. The quantitative estimate of drug-likeness (QED) is 0.194. The number of rotatable bonds is 7. The van der Waals surface area contributed by atoms with Gasteiger partial charge in [0, 0.05) is 33.7 Å². The van der Waals surface area contributed by atoms with Crippen LogP contribution in [0.15, 0.2) is 54.6 Å². The van der Waals surface area contributed by atoms with E-state index in [0.717, 1.165) is 4.88 Å². The topological polar surface area (TPSA) is 98.5 Å². The van der Waals surface area contributed by atoms with Crippen molar-refractivity contribution in [2.75, 3.05) is 11.9 Å². The lowest BCUT2D eigenvalue weighted by atomic mass is 10.0. The molecule has 1 heterocycles. The van der Waals surface area contributed by atoms with Crippen molar-refractivity contribution in [2.24, 2.45) is 0 Å². The Morgan fingerprint density at radius 3 is 2.50 bits per heavy atom. The maximum Gasteiger partial charge on any atom is 0.341 e. The van der Waals surface area contributed by atoms with Crippen LogP contribution in [0.2, 0.25) is 5.02 Å². The van der Waals surface area contributed by atoms with Gasteiger partial charge in [-0.3, -0.25) is 14.9 Å². The number of nitrogens with zero attached hydrogens (tertiary/aromatic N) is 1. The highest BCUT2D eigenvalue weighted by Crippen LogP contribution is 2.40. The Morgan fingerprint density at radius 2 is 1.88 bits per heavy atom. The number of thiophene rings is 1. The normalized spacial score (nSPS) is 10.8. The summed E-state index contributed by atoms with van der Waals surface area (Å²) in [6.07, 6.45) is 2.91. The molecule has 2 aromatic carbocycles. The molecule has 7 nitrogen and oxygen atoms in total. The van der Waals surface area contributed by atoms with E-state index in [9.17, 15) is 19.7 Å². The lowest BCUT2D eigenvalue weighted by Crippen LogP contribution is -2.12. The lowest BCUT2D eigenvalue weighted by Gasteiger charge is -2.08. The van der Waals surface area contributed by atoms with Crippen molar-refractivity contribution in [1.29, 1.82) is 0 Å². The molecule has 1 amide bonds. The van der Waals surface area contributed by atoms with Gasteiger partial charge in [0.2, 0.25) is 5.91 Å². The largest absolute Gasteiger partial charge is 0.462 e. The summed E-state index contributed by atoms with van der Waals surface area (Å²) in [6.45, 7) is 3.65. The first-order valence-corrected chi connectivity index (χ1v) is 10.8. The molecular weight excluding hydrogens is 452 g/mol. The standard InChI is InChI=1S/C23H19ClN2O5S/c1-3-31-23(28)21-20(16-8-11-17(12-9-16)26(29)30)14(2)32-22(21)25-19(27)13-10-15-6-4-5-7-18(15)24/h4-13H,3H2,1-2H3,(H,25,27)/b13-10+. The second-order valence-electron chi connectivity index (χ2n) is 6.61. The Balaban J connectivity index is 1.96. The molecule has 32 heavy (non-hydrogen) atoms. The molecule has 1 N–H and O–H groups in total. The number of ether oxygens (including phenoxy) is 1. The molecule has 0 aliphatic heterocycles. The van der Waals surface area contributed by atoms with Gasteiger partial charge in [0.1, 0.15) is 10.6 Å². The summed E-state index contributed by atoms with van der Waals surface area (Å²) in [5, 5.41) is 14.5. The van der Waals surface area contributed by atoms with Gasteiger partial charge in [0.05, 0.1) is 11.5 Å². The van der Waals surface area contributed by atoms with Crippen LogP contribution in [0.5, 0.6) is 0 Å². The molecule has 0 radical (unpaired) electrons. The molecule has 0 saturated heterocycles. The van der Waals surface area contributed by atoms with Gasteiger partial charge in [-0.05, 0) is 49.2 Å². The van der Waals surface area contributed by atoms with Crippen LogP contribution in [-0.2, 0) is 9.53 Å². The number of non-ortho nitro benzene ring substituents is 1. The van der Waals surface area contributed by atoms with Gasteiger partial charge in [0.15, 0.2) is 0 Å². The van der Waals surface area contributed by atoms with Crippen LogP contribution in [0.1, 0.15) is 27.7 Å². The van der Waals surface area contributed by atoms with Gasteiger partial charge in [-0.1, -0.05) is 29.8 Å². The van der Waals surface area contributed by atoms with Gasteiger partial charge in [-0.2, -0.15) is 0 Å². The first-order chi connectivity index (χ1) is 15.3. The van der Waals surface area contributed by atoms with Crippen LogP contribution >= 0.6 is 22.9 Å². The number of halogens is 1. The molecule has 0 saturated carbocycles. The van der Waals surface area contributed by atoms with Crippen LogP contribution in [-0.4, -0.2) is 23.4 Å². The summed E-state index contributed by atoms with van der Waals surface area (Å²) in [5.41, 5.74) is 2.01. The number of nitrogens with one attached hydrogen (secondary N) is 1. The Kier molecular flexibility index (Phi) is 7.40. The first kappa shape index (κ1) is 23.2. The molecule has 0 aliphatic rings. The van der Waals surface area contributed by atoms with Crippen LogP contribution in [0.4, 0.5) is 10.7 Å². The van der Waals surface area contributed by atoms with E-state index in [-0.39, 0.29) is 17.9 Å². The lowest BCUT2D eigenvalue weighted by molar-refractivity contribution is -0.384. The number of aryl methyl sites for hydroxylation is 1. The number of nitro benzene ring substituents is 1. The number of carbonyl (C=O) groups is 2. The summed E-state index contributed by atoms with van der Waals surface area (Å²) in [6, 6.07) is 13.0. The zero-order valence-corrected chi connectivity index (χ0v) is 18.8. The minimum atomic E-state index is -0.587. The molecule has 3 rings (SSSR count). The van der Waals surface area contributed by atoms with Crippen molar-refractivity contribution in [2.45, 2.75) is 13.8 Å². The molecule has 0 bridgehead atoms. The number of benzene rings is 2. The fourth-order valence-corrected chi connectivity index (χ4v) is 4.32. The molecule has 0 spiro atoms. The predicted molar refractivity (Wildman–Crippen MR) is 126 cm³/mol. The summed E-state index contributed by atoms with van der Waals surface area (Å²) in [4.78, 5) is 36.5. The number of amides is 1. The highest BCUT2D eigenvalue weighted by Gasteiger charge is 2.25. The highest BCUT2D eigenvalue weighted by atomic mass is 35.5. The van der Waals surface area contributed by atoms with Crippen molar-refractivity contribution in [3.05, 3.63) is 85.7 Å². The number of carbonyl (C=O) groups excluding carboxylic acids is 2. The van der Waals surface area contributed by atoms with Gasteiger partial charge in [-0.15, -0.1) is 11.3 Å². The number of hydrogen-bond acceptors (Lipinski definition) is 6. The Labute approximate surface area is 193 Å². The second kappa shape index (κ2) is 10.2. The highest BCUT2D eigenvalue weighted by molar-refractivity contribution is 7.17. The van der Waals surface area contributed by atoms with E-state index >= 15 is 0 Å². The van der Waals surface area contributed by atoms with E-state index in [1.807, 2.05) is 0 Å². The fourth-order valence-electron chi connectivity index (χ4n) is 3.06. The number of anilines is 1. The summed E-state index contributed by atoms with van der Waals surface area (Å²) in [5.74, 6) is -1.03. The molecule has 0 unspecified atom stereocenters. The number of hydrogen-bond donors (Lipinski definition) is 1. The van der Waals surface area contributed by atoms with Crippen LogP contribution in [0.25, 0.3) is 17.2 Å². The number of nitro groups is 1. The van der Waals surface area contributed by atoms with Gasteiger partial charge < -0.3 is 10.1 Å². The van der Waals surface area contributed by atoms with E-state index in [0.29, 0.717) is 26.7 Å². The minimum Gasteiger partial charge on any atom is -0.462 e. The summed E-state index contributed by atoms with van der Waals surface area (Å²) < 4.78 is 5.21. The van der Waals surface area contributed by atoms with Crippen molar-refractivity contribution < 1.29 is 19.2 Å². The molecule has 9 heteroatoms. The summed E-state index contributed by atoms with van der Waals surface area (Å²) in [7, 11) is 0. The van der Waals surface area contributed by atoms with E-state index in [2.05, 4.69) is 5.32 Å². The third-order valence-corrected chi connectivity index (χ3v) is 5.85. The number of esters is 1. The van der Waals surface area contributed by atoms with Gasteiger partial charge in [-0.25, -0.2) is 4.79 Å². The first-order valence-electron chi connectivity index (χ1n) is 9.60. The summed E-state index contributed by atoms with van der Waals surface area (Å²) >= 11 is 7.33. The molecule has 1 aromatic heterocycles. The van der Waals surface area contributed by atoms with E-state index in [1.165, 1.54) is 29.5 Å². The molecule has 3 aromatic rings. The van der Waals surface area contributed by atoms with E-state index < -0.39 is 16.8 Å². The van der Waals surface area contributed by atoms with Crippen molar-refractivity contribution in [3.8, 4) is 11.1 Å². The SMILES string of the molecule is CCOC(=O)c1c(NC(=O)/C=C/c2ccccc2Cl)sc(C)c1-c1ccc([N+](=O)[O-])cc1. The Hall–Kier alpha value is -3.49. The zero-order chi connectivity index (χ0) is 23.3. The maximum atomic E-state index is 12.7. The van der Waals surface area contributed by atoms with Gasteiger partial charge >= 0.3 is 5.97 Å². The molecule has 0 atom stereocenters. The molecule has 0 aliphatic carbocycles. The van der Waals surface area contributed by atoms with Crippen molar-refractivity contribution in [3.63, 3.8) is 0 Å². The second-order valence-corrected chi connectivity index (χ2v) is 8.24. The maximum absolute atomic E-state index is 12.7. The zero-order valence-electron chi connectivity index (χ0n) is 17.3. The predicted octanol–water partition coefficient (Wildman–Crippen LogP) is 6.11. The van der Waals surface area contributed by atoms with Crippen molar-refractivity contribution >= 4 is 51.6 Å². The Morgan fingerprint density at radius 1 is 1.19 bits per heavy atom. The van der Waals surface area contributed by atoms with E-state index in [1.54, 1.807) is 56.3 Å². The molecular formula is C23H19ClN2O5S. The fraction of sp³-hybridized carbons (Fsp3) is 0.130. The minimum absolute atomic E-state index is 0.0578. The Bertz CT molecular complexity index is 1200. The third-order valence-electron chi connectivity index (χ3n) is 4.49. The monoisotopic (exact) mass is 470 g/mol. The van der Waals surface area contributed by atoms with Crippen LogP contribution in [0, 0.1) is 17.0 Å². The van der Waals surface area contributed by atoms with Gasteiger partial charge in [0.25, 0.3) is 5.69 Å². The van der Waals surface area contributed by atoms with Crippen molar-refractivity contribution in [1.82, 2.24) is 0 Å². The third kappa shape index (κ3) is 5.22. The average molecular weight is 471 g/mol.